The Kier molecular flexibility index (Phi) is 4.79. The topological polar surface area (TPSA) is 46.5 Å². The van der Waals surface area contributed by atoms with E-state index in [4.69, 9.17) is 5.11 Å². The van der Waals surface area contributed by atoms with Crippen LogP contribution in [0, 0.1) is 0 Å². The zero-order chi connectivity index (χ0) is 6.41. The highest BCUT2D eigenvalue weighted by Gasteiger charge is 1.93. The molecule has 0 aliphatic carbocycles. The molecule has 0 unspecified atom stereocenters. The number of hydrogen-bond acceptors (Lipinski definition) is 3. The van der Waals surface area contributed by atoms with E-state index >= 15 is 0 Å². The van der Waals surface area contributed by atoms with E-state index in [1.807, 2.05) is 0 Å². The molecule has 0 amide bonds. The van der Waals surface area contributed by atoms with Gasteiger partial charge in [-0.3, -0.25) is 4.79 Å². The van der Waals surface area contributed by atoms with Crippen LogP contribution in [0.25, 0.3) is 0 Å². The predicted octanol–water partition coefficient (Wildman–Crippen LogP) is 0.756. The number of carboxylic acids is 1. The van der Waals surface area contributed by atoms with Crippen molar-refractivity contribution in [3.8, 4) is 0 Å². The first-order chi connectivity index (χ1) is 3.77. The Bertz CT molecular complexity index is 73.7. The van der Waals surface area contributed by atoms with Crippen molar-refractivity contribution in [1.29, 1.82) is 0 Å². The standard InChI is InChI=1S/C4H8O3S/c1-7-8-3-2-4(5)6/h2-3H2,1H3,(H,5,6). The third kappa shape index (κ3) is 5.78. The zero-order valence-electron chi connectivity index (χ0n) is 4.59. The van der Waals surface area contributed by atoms with Gasteiger partial charge in [-0.15, -0.1) is 0 Å². The van der Waals surface area contributed by atoms with Gasteiger partial charge in [0.2, 0.25) is 0 Å². The first-order valence-electron chi connectivity index (χ1n) is 2.14. The van der Waals surface area contributed by atoms with E-state index in [2.05, 4.69) is 4.18 Å². The Morgan fingerprint density at radius 1 is 1.88 bits per heavy atom. The van der Waals surface area contributed by atoms with Gasteiger partial charge in [-0.25, -0.2) is 0 Å². The van der Waals surface area contributed by atoms with Crippen molar-refractivity contribution in [2.24, 2.45) is 0 Å². The number of hydrogen-bond donors (Lipinski definition) is 1. The normalized spacial score (nSPS) is 9.12. The predicted molar refractivity (Wildman–Crippen MR) is 31.7 cm³/mol. The van der Waals surface area contributed by atoms with E-state index in [-0.39, 0.29) is 6.42 Å². The summed E-state index contributed by atoms with van der Waals surface area (Å²) in [6, 6.07) is 0. The first kappa shape index (κ1) is 7.78. The molecule has 0 aromatic rings. The first-order valence-corrected chi connectivity index (χ1v) is 3.06. The molecule has 0 atom stereocenters. The molecule has 48 valence electrons. The second kappa shape index (κ2) is 4.93. The lowest BCUT2D eigenvalue weighted by molar-refractivity contribution is -0.136. The summed E-state index contributed by atoms with van der Waals surface area (Å²) in [5, 5.41) is 8.07. The Morgan fingerprint density at radius 2 is 2.50 bits per heavy atom. The zero-order valence-corrected chi connectivity index (χ0v) is 5.40. The molecule has 0 aromatic heterocycles. The lowest BCUT2D eigenvalue weighted by Gasteiger charge is -1.90. The molecule has 0 aromatic carbocycles. The van der Waals surface area contributed by atoms with Crippen molar-refractivity contribution in [2.75, 3.05) is 12.9 Å². The van der Waals surface area contributed by atoms with Crippen molar-refractivity contribution < 1.29 is 14.1 Å². The van der Waals surface area contributed by atoms with Crippen molar-refractivity contribution >= 4 is 18.0 Å². The van der Waals surface area contributed by atoms with Crippen LogP contribution in [-0.2, 0) is 8.98 Å². The van der Waals surface area contributed by atoms with E-state index in [0.29, 0.717) is 5.75 Å². The fourth-order valence-corrected chi connectivity index (χ4v) is 0.637. The molecule has 0 aliphatic rings. The van der Waals surface area contributed by atoms with Crippen LogP contribution in [0.1, 0.15) is 6.42 Å². The van der Waals surface area contributed by atoms with Gasteiger partial charge in [0, 0.05) is 5.75 Å². The Labute approximate surface area is 52.2 Å². The molecule has 0 heterocycles. The van der Waals surface area contributed by atoms with Crippen LogP contribution in [0.3, 0.4) is 0 Å². The Morgan fingerprint density at radius 3 is 2.88 bits per heavy atom. The quantitative estimate of drug-likeness (QED) is 0.457. The van der Waals surface area contributed by atoms with Crippen molar-refractivity contribution in [3.63, 3.8) is 0 Å². The van der Waals surface area contributed by atoms with E-state index in [9.17, 15) is 4.79 Å². The lowest BCUT2D eigenvalue weighted by Crippen LogP contribution is -1.95. The smallest absolute Gasteiger partial charge is 0.304 e. The maximum absolute atomic E-state index is 9.81. The summed E-state index contributed by atoms with van der Waals surface area (Å²) >= 11 is 1.16. The molecule has 0 saturated carbocycles. The monoisotopic (exact) mass is 136 g/mol. The van der Waals surface area contributed by atoms with Crippen molar-refractivity contribution in [3.05, 3.63) is 0 Å². The fourth-order valence-electron chi connectivity index (χ4n) is 0.212. The van der Waals surface area contributed by atoms with Gasteiger partial charge in [-0.2, -0.15) is 0 Å². The molecule has 0 radical (unpaired) electrons. The van der Waals surface area contributed by atoms with Gasteiger partial charge < -0.3 is 9.29 Å². The third-order valence-electron chi connectivity index (χ3n) is 0.517. The minimum atomic E-state index is -0.783. The maximum atomic E-state index is 9.81. The average molecular weight is 136 g/mol. The van der Waals surface area contributed by atoms with Crippen LogP contribution in [0.5, 0.6) is 0 Å². The molecule has 0 fully saturated rings. The molecular formula is C4H8O3S. The number of aliphatic carboxylic acids is 1. The fraction of sp³-hybridized carbons (Fsp3) is 0.750. The number of carbonyl (C=O) groups is 1. The number of rotatable bonds is 4. The van der Waals surface area contributed by atoms with E-state index in [0.717, 1.165) is 12.0 Å². The third-order valence-corrected chi connectivity index (χ3v) is 1.12. The summed E-state index contributed by atoms with van der Waals surface area (Å²) in [4.78, 5) is 9.81. The van der Waals surface area contributed by atoms with E-state index < -0.39 is 5.97 Å². The summed E-state index contributed by atoms with van der Waals surface area (Å²) in [7, 11) is 1.52. The van der Waals surface area contributed by atoms with Gasteiger partial charge in [-0.05, 0) is 12.0 Å². The lowest BCUT2D eigenvalue weighted by atomic mass is 10.5. The second-order valence-electron chi connectivity index (χ2n) is 1.13. The molecule has 0 rings (SSSR count). The van der Waals surface area contributed by atoms with Crippen LogP contribution in [0.4, 0.5) is 0 Å². The van der Waals surface area contributed by atoms with Crippen LogP contribution < -0.4 is 0 Å². The van der Waals surface area contributed by atoms with Crippen LogP contribution in [0.15, 0.2) is 0 Å². The molecule has 0 saturated heterocycles. The van der Waals surface area contributed by atoms with E-state index in [1.54, 1.807) is 0 Å². The van der Waals surface area contributed by atoms with E-state index in [1.165, 1.54) is 7.11 Å². The largest absolute Gasteiger partial charge is 0.481 e. The highest BCUT2D eigenvalue weighted by molar-refractivity contribution is 7.94. The molecule has 8 heavy (non-hydrogen) atoms. The van der Waals surface area contributed by atoms with Crippen molar-refractivity contribution in [1.82, 2.24) is 0 Å². The van der Waals surface area contributed by atoms with Crippen LogP contribution in [0.2, 0.25) is 0 Å². The van der Waals surface area contributed by atoms with Crippen LogP contribution >= 0.6 is 12.0 Å². The van der Waals surface area contributed by atoms with Gasteiger partial charge in [0.1, 0.15) is 0 Å². The Hall–Kier alpha value is -0.220. The summed E-state index contributed by atoms with van der Waals surface area (Å²) in [5.41, 5.74) is 0. The Balaban J connectivity index is 2.82. The highest BCUT2D eigenvalue weighted by atomic mass is 32.2. The molecular weight excluding hydrogens is 128 g/mol. The SMILES string of the molecule is COSCCC(=O)O. The highest BCUT2D eigenvalue weighted by Crippen LogP contribution is 2.00. The van der Waals surface area contributed by atoms with Gasteiger partial charge >= 0.3 is 5.97 Å². The summed E-state index contributed by atoms with van der Waals surface area (Å²) in [5.74, 6) is -0.263. The average Bonchev–Trinajstić information content (AvgIpc) is 1.66. The van der Waals surface area contributed by atoms with Crippen LogP contribution in [-0.4, -0.2) is 23.9 Å². The minimum Gasteiger partial charge on any atom is -0.481 e. The van der Waals surface area contributed by atoms with Crippen molar-refractivity contribution in [2.45, 2.75) is 6.42 Å². The molecule has 3 nitrogen and oxygen atoms in total. The minimum absolute atomic E-state index is 0.165. The molecule has 0 spiro atoms. The maximum Gasteiger partial charge on any atom is 0.304 e. The van der Waals surface area contributed by atoms with Gasteiger partial charge in [0.05, 0.1) is 13.5 Å². The second-order valence-corrected chi connectivity index (χ2v) is 2.11. The van der Waals surface area contributed by atoms with Gasteiger partial charge in [0.15, 0.2) is 0 Å². The molecule has 4 heteroatoms. The number of carboxylic acid groups (broad SMARTS) is 1. The summed E-state index contributed by atoms with van der Waals surface area (Å²) in [6.45, 7) is 0. The molecule has 0 bridgehead atoms. The van der Waals surface area contributed by atoms with Gasteiger partial charge in [0.25, 0.3) is 0 Å². The summed E-state index contributed by atoms with van der Waals surface area (Å²) < 4.78 is 4.55. The summed E-state index contributed by atoms with van der Waals surface area (Å²) in [6.07, 6.45) is 0.165. The molecule has 1 N–H and O–H groups in total. The van der Waals surface area contributed by atoms with Gasteiger partial charge in [-0.1, -0.05) is 0 Å². The molecule has 0 aliphatic heterocycles.